The van der Waals surface area contributed by atoms with Crippen LogP contribution >= 0.6 is 0 Å². The molecule has 2 rings (SSSR count). The molecular formula is C22H34Br2N2. The first-order chi connectivity index (χ1) is 11.9. The molecule has 0 radical (unpaired) electrons. The van der Waals surface area contributed by atoms with Crippen LogP contribution in [0.5, 0.6) is 0 Å². The fraction of sp³-hybridized carbons (Fsp3) is 0.545. The first kappa shape index (κ1) is 25.3. The summed E-state index contributed by atoms with van der Waals surface area (Å²) in [6.07, 6.45) is 16.1. The van der Waals surface area contributed by atoms with Crippen molar-refractivity contribution in [2.75, 3.05) is 0 Å². The van der Waals surface area contributed by atoms with Gasteiger partial charge in [-0.1, -0.05) is 52.0 Å². The average molecular weight is 486 g/mol. The quantitative estimate of drug-likeness (QED) is 0.284. The molecule has 2 nitrogen and oxygen atoms in total. The Labute approximate surface area is 181 Å². The summed E-state index contributed by atoms with van der Waals surface area (Å²) in [6, 6.07) is 13.1. The van der Waals surface area contributed by atoms with Crippen molar-refractivity contribution >= 4 is 0 Å². The number of rotatable bonds is 11. The Bertz CT molecular complexity index is 549. The third-order valence-electron chi connectivity index (χ3n) is 4.65. The predicted octanol–water partition coefficient (Wildman–Crippen LogP) is -1.04. The summed E-state index contributed by atoms with van der Waals surface area (Å²) in [5.74, 6) is 1.29. The molecule has 0 saturated carbocycles. The number of halogens is 2. The smallest absolute Gasteiger partial charge is 0.449 e. The van der Waals surface area contributed by atoms with Crippen LogP contribution in [0, 0.1) is 0 Å². The lowest BCUT2D eigenvalue weighted by Gasteiger charge is -2.04. The summed E-state index contributed by atoms with van der Waals surface area (Å²) in [5, 5.41) is 0. The maximum atomic E-state index is 2.41. The van der Waals surface area contributed by atoms with Crippen molar-refractivity contribution in [3.63, 3.8) is 0 Å². The topological polar surface area (TPSA) is 7.76 Å². The summed E-state index contributed by atoms with van der Waals surface area (Å²) in [6.45, 7) is 5.65. The van der Waals surface area contributed by atoms with Crippen molar-refractivity contribution in [1.82, 2.24) is 0 Å². The second kappa shape index (κ2) is 15.3. The van der Waals surface area contributed by atoms with Crippen molar-refractivity contribution in [2.45, 2.75) is 78.2 Å². The largest absolute Gasteiger partial charge is 1.00 e. The molecule has 0 unspecified atom stereocenters. The average Bonchev–Trinajstić information content (AvgIpc) is 2.63. The van der Waals surface area contributed by atoms with E-state index in [4.69, 9.17) is 0 Å². The Kier molecular flexibility index (Phi) is 14.9. The van der Waals surface area contributed by atoms with E-state index >= 15 is 0 Å². The highest BCUT2D eigenvalue weighted by Gasteiger charge is 2.22. The molecule has 0 aliphatic carbocycles. The highest BCUT2D eigenvalue weighted by molar-refractivity contribution is 5.07. The van der Waals surface area contributed by atoms with E-state index < -0.39 is 0 Å². The minimum Gasteiger partial charge on any atom is -1.00 e. The molecule has 0 fully saturated rings. The van der Waals surface area contributed by atoms with Crippen molar-refractivity contribution in [1.29, 1.82) is 0 Å². The molecule has 0 amide bonds. The maximum Gasteiger partial charge on any atom is 0.449 e. The number of hydrogen-bond donors (Lipinski definition) is 0. The van der Waals surface area contributed by atoms with E-state index in [1.165, 1.54) is 62.9 Å². The van der Waals surface area contributed by atoms with Crippen LogP contribution in [0.4, 0.5) is 0 Å². The zero-order chi connectivity index (χ0) is 17.0. The molecule has 0 atom stereocenters. The summed E-state index contributed by atoms with van der Waals surface area (Å²) >= 11 is 0. The molecule has 4 heteroatoms. The summed E-state index contributed by atoms with van der Waals surface area (Å²) in [5.41, 5.74) is 1.42. The van der Waals surface area contributed by atoms with Gasteiger partial charge in [-0.3, -0.25) is 0 Å². The summed E-state index contributed by atoms with van der Waals surface area (Å²) < 4.78 is 4.79. The van der Waals surface area contributed by atoms with Crippen LogP contribution in [0.2, 0.25) is 0 Å². The zero-order valence-corrected chi connectivity index (χ0v) is 19.5. The number of unbranched alkanes of at least 4 members (excludes halogenated alkanes) is 6. The third kappa shape index (κ3) is 8.30. The van der Waals surface area contributed by atoms with Gasteiger partial charge in [0, 0.05) is 31.0 Å². The number of pyridine rings is 2. The Balaban J connectivity index is 0.00000312. The Morgan fingerprint density at radius 1 is 0.692 bits per heavy atom. The molecule has 2 heterocycles. The molecule has 0 bridgehead atoms. The summed E-state index contributed by atoms with van der Waals surface area (Å²) in [4.78, 5) is 0. The van der Waals surface area contributed by atoms with Crippen LogP contribution in [0.25, 0.3) is 5.82 Å². The van der Waals surface area contributed by atoms with Crippen LogP contribution in [-0.4, -0.2) is 0 Å². The van der Waals surface area contributed by atoms with Gasteiger partial charge in [0.15, 0.2) is 24.6 Å². The van der Waals surface area contributed by atoms with Gasteiger partial charge >= 0.3 is 5.82 Å². The monoisotopic (exact) mass is 484 g/mol. The normalized spacial score (nSPS) is 10.1. The van der Waals surface area contributed by atoms with Crippen molar-refractivity contribution in [3.05, 3.63) is 54.5 Å². The standard InChI is InChI=1S/C22H34N2.2BrH/c1-3-5-7-9-15-21-16-10-14-20-24(21)22-17-11-13-19-23(22)18-12-8-6-4-2;;/h10-11,13-14,16-17,19-20H,3-9,12,15,18H2,1-2H3;2*1H/q+2;;/p-2. The van der Waals surface area contributed by atoms with E-state index in [1.54, 1.807) is 0 Å². The van der Waals surface area contributed by atoms with E-state index in [1.807, 2.05) is 0 Å². The van der Waals surface area contributed by atoms with Crippen molar-refractivity contribution in [3.8, 4) is 5.82 Å². The lowest BCUT2D eigenvalue weighted by atomic mass is 10.1. The SMILES string of the molecule is CCCCCCc1cccc[n+]1-c1cccc[n+]1CCCCCC.[Br-].[Br-]. The molecule has 0 aliphatic heterocycles. The fourth-order valence-corrected chi connectivity index (χ4v) is 3.22. The van der Waals surface area contributed by atoms with Gasteiger partial charge in [0.05, 0.1) is 6.07 Å². The lowest BCUT2D eigenvalue weighted by molar-refractivity contribution is -0.795. The van der Waals surface area contributed by atoms with Gasteiger partial charge in [-0.05, 0) is 18.9 Å². The van der Waals surface area contributed by atoms with E-state index in [0.717, 1.165) is 13.0 Å². The number of aromatic nitrogens is 2. The van der Waals surface area contributed by atoms with Crippen molar-refractivity contribution < 1.29 is 43.1 Å². The van der Waals surface area contributed by atoms with Crippen LogP contribution in [0.1, 0.15) is 70.9 Å². The molecule has 0 saturated heterocycles. The van der Waals surface area contributed by atoms with Gasteiger partial charge in [-0.25, -0.2) is 0 Å². The molecule has 146 valence electrons. The molecule has 26 heavy (non-hydrogen) atoms. The number of hydrogen-bond acceptors (Lipinski definition) is 0. The zero-order valence-electron chi connectivity index (χ0n) is 16.3. The molecule has 0 aliphatic rings. The second-order valence-electron chi connectivity index (χ2n) is 6.69. The molecule has 0 spiro atoms. The van der Waals surface area contributed by atoms with Crippen molar-refractivity contribution in [2.24, 2.45) is 0 Å². The first-order valence-corrected chi connectivity index (χ1v) is 9.85. The highest BCUT2D eigenvalue weighted by Crippen LogP contribution is 2.06. The minimum atomic E-state index is 0. The predicted molar refractivity (Wildman–Crippen MR) is 100 cm³/mol. The minimum absolute atomic E-state index is 0. The maximum absolute atomic E-state index is 2.41. The number of nitrogens with zero attached hydrogens (tertiary/aromatic N) is 2. The van der Waals surface area contributed by atoms with Gasteiger partial charge < -0.3 is 34.0 Å². The Hall–Kier alpha value is -0.740. The molecular weight excluding hydrogens is 452 g/mol. The molecule has 2 aromatic heterocycles. The van der Waals surface area contributed by atoms with Gasteiger partial charge in [-0.2, -0.15) is 0 Å². The van der Waals surface area contributed by atoms with Crippen LogP contribution in [0.3, 0.4) is 0 Å². The van der Waals surface area contributed by atoms with Crippen LogP contribution in [0.15, 0.2) is 48.8 Å². The van der Waals surface area contributed by atoms with Gasteiger partial charge in [0.1, 0.15) is 0 Å². The second-order valence-corrected chi connectivity index (χ2v) is 6.69. The summed E-state index contributed by atoms with van der Waals surface area (Å²) in [7, 11) is 0. The first-order valence-electron chi connectivity index (χ1n) is 9.85. The lowest BCUT2D eigenvalue weighted by Crippen LogP contribution is -3.00. The Morgan fingerprint density at radius 2 is 1.35 bits per heavy atom. The van der Waals surface area contributed by atoms with E-state index in [9.17, 15) is 0 Å². The van der Waals surface area contributed by atoms with E-state index in [-0.39, 0.29) is 34.0 Å². The van der Waals surface area contributed by atoms with E-state index in [2.05, 4.69) is 71.8 Å². The van der Waals surface area contributed by atoms with Gasteiger partial charge in [0.25, 0.3) is 0 Å². The third-order valence-corrected chi connectivity index (χ3v) is 4.65. The van der Waals surface area contributed by atoms with Gasteiger partial charge in [0.2, 0.25) is 0 Å². The van der Waals surface area contributed by atoms with E-state index in [0.29, 0.717) is 0 Å². The molecule has 2 aromatic rings. The Morgan fingerprint density at radius 3 is 2.08 bits per heavy atom. The highest BCUT2D eigenvalue weighted by atomic mass is 79.9. The van der Waals surface area contributed by atoms with Gasteiger partial charge in [-0.15, -0.1) is 9.13 Å². The molecule has 0 aromatic carbocycles. The molecule has 0 N–H and O–H groups in total. The number of aryl methyl sites for hydroxylation is 2. The fourth-order valence-electron chi connectivity index (χ4n) is 3.22. The van der Waals surface area contributed by atoms with Crippen LogP contribution < -0.4 is 43.1 Å². The van der Waals surface area contributed by atoms with Crippen LogP contribution in [-0.2, 0) is 13.0 Å².